The maximum absolute atomic E-state index is 11.9. The van der Waals surface area contributed by atoms with E-state index < -0.39 is 6.09 Å². The summed E-state index contributed by atoms with van der Waals surface area (Å²) in [6.07, 6.45) is 2.95. The summed E-state index contributed by atoms with van der Waals surface area (Å²) in [4.78, 5) is 16.0. The highest BCUT2D eigenvalue weighted by atomic mass is 35.5. The highest BCUT2D eigenvalue weighted by Gasteiger charge is 2.27. The molecular weight excluding hydrogens is 486 g/mol. The van der Waals surface area contributed by atoms with Gasteiger partial charge in [0.2, 0.25) is 0 Å². The second kappa shape index (κ2) is 13.2. The standard InChI is InChI=1S/C30H31N3O3.ClH/c34-30(33-29-7-3-4-16-32-29)35-18-15-22-8-12-25(13-9-22)27-14-17-31-20-28(27)36-21-23-10-11-24-5-1-2-6-26(24)19-23;/h1-13,16,19,27-28,31H,14-15,17-18,20-21H2,(H,32,33,34);1H. The average molecular weight is 518 g/mol. The van der Waals surface area contributed by atoms with Gasteiger partial charge in [-0.05, 0) is 58.6 Å². The van der Waals surface area contributed by atoms with Crippen LogP contribution in [0.25, 0.3) is 10.8 Å². The van der Waals surface area contributed by atoms with E-state index in [9.17, 15) is 4.79 Å². The molecule has 2 unspecified atom stereocenters. The van der Waals surface area contributed by atoms with Crippen LogP contribution in [0.2, 0.25) is 0 Å². The van der Waals surface area contributed by atoms with Crippen molar-refractivity contribution in [3.8, 4) is 0 Å². The topological polar surface area (TPSA) is 72.5 Å². The molecule has 2 N–H and O–H groups in total. The Balaban J connectivity index is 0.00000320. The molecule has 192 valence electrons. The lowest BCUT2D eigenvalue weighted by Gasteiger charge is -2.32. The molecular formula is C30H32ClN3O3. The summed E-state index contributed by atoms with van der Waals surface area (Å²) in [7, 11) is 0. The van der Waals surface area contributed by atoms with Crippen molar-refractivity contribution in [2.45, 2.75) is 31.5 Å². The maximum atomic E-state index is 11.9. The van der Waals surface area contributed by atoms with Crippen LogP contribution in [0.5, 0.6) is 0 Å². The van der Waals surface area contributed by atoms with Crippen LogP contribution in [0.1, 0.15) is 29.0 Å². The van der Waals surface area contributed by atoms with Crippen LogP contribution in [0.15, 0.2) is 91.1 Å². The second-order valence-corrected chi connectivity index (χ2v) is 9.10. The first-order valence-corrected chi connectivity index (χ1v) is 12.5. The number of carbonyl (C=O) groups is 1. The summed E-state index contributed by atoms with van der Waals surface area (Å²) in [5.41, 5.74) is 3.62. The normalized spacial score (nSPS) is 17.1. The number of aromatic nitrogens is 1. The molecule has 2 atom stereocenters. The number of carbonyl (C=O) groups excluding carboxylic acids is 1. The van der Waals surface area contributed by atoms with Crippen LogP contribution in [-0.4, -0.2) is 36.9 Å². The van der Waals surface area contributed by atoms with Crippen molar-refractivity contribution in [3.05, 3.63) is 108 Å². The van der Waals surface area contributed by atoms with Gasteiger partial charge >= 0.3 is 6.09 Å². The fourth-order valence-corrected chi connectivity index (χ4v) is 4.69. The van der Waals surface area contributed by atoms with Crippen LogP contribution in [0.4, 0.5) is 10.6 Å². The predicted molar refractivity (Wildman–Crippen MR) is 149 cm³/mol. The van der Waals surface area contributed by atoms with Crippen molar-refractivity contribution in [1.82, 2.24) is 10.3 Å². The van der Waals surface area contributed by atoms with E-state index in [1.807, 2.05) is 6.07 Å². The van der Waals surface area contributed by atoms with Crippen molar-refractivity contribution in [3.63, 3.8) is 0 Å². The molecule has 0 aliphatic carbocycles. The molecule has 1 fully saturated rings. The van der Waals surface area contributed by atoms with Crippen LogP contribution >= 0.6 is 12.4 Å². The molecule has 1 aromatic heterocycles. The quantitative estimate of drug-likeness (QED) is 0.295. The van der Waals surface area contributed by atoms with E-state index in [1.54, 1.807) is 18.3 Å². The molecule has 5 rings (SSSR count). The Morgan fingerprint density at radius 3 is 2.54 bits per heavy atom. The number of benzene rings is 3. The predicted octanol–water partition coefficient (Wildman–Crippen LogP) is 6.11. The van der Waals surface area contributed by atoms with Gasteiger partial charge in [-0.3, -0.25) is 5.32 Å². The molecule has 37 heavy (non-hydrogen) atoms. The number of hydrogen-bond acceptors (Lipinski definition) is 5. The lowest BCUT2D eigenvalue weighted by molar-refractivity contribution is 0.0106. The van der Waals surface area contributed by atoms with Gasteiger partial charge in [0.05, 0.1) is 19.3 Å². The summed E-state index contributed by atoms with van der Waals surface area (Å²) in [6, 6.07) is 28.9. The summed E-state index contributed by atoms with van der Waals surface area (Å²) in [5, 5.41) is 8.60. The van der Waals surface area contributed by atoms with Crippen LogP contribution < -0.4 is 10.6 Å². The number of pyridine rings is 1. The summed E-state index contributed by atoms with van der Waals surface area (Å²) < 4.78 is 11.7. The Bertz CT molecular complexity index is 1280. The first kappa shape index (κ1) is 26.6. The molecule has 1 amide bonds. The largest absolute Gasteiger partial charge is 0.449 e. The highest BCUT2D eigenvalue weighted by molar-refractivity contribution is 5.85. The Kier molecular flexibility index (Phi) is 9.49. The van der Waals surface area contributed by atoms with Crippen molar-refractivity contribution >= 4 is 35.1 Å². The van der Waals surface area contributed by atoms with Crippen molar-refractivity contribution < 1.29 is 14.3 Å². The number of anilines is 1. The number of amides is 1. The molecule has 0 bridgehead atoms. The van der Waals surface area contributed by atoms with Gasteiger partial charge in [0.1, 0.15) is 5.82 Å². The second-order valence-electron chi connectivity index (χ2n) is 9.10. The van der Waals surface area contributed by atoms with E-state index in [4.69, 9.17) is 9.47 Å². The third-order valence-corrected chi connectivity index (χ3v) is 6.63. The number of ether oxygens (including phenoxy) is 2. The zero-order chi connectivity index (χ0) is 24.6. The molecule has 1 saturated heterocycles. The van der Waals surface area contributed by atoms with Crippen LogP contribution in [0, 0.1) is 0 Å². The van der Waals surface area contributed by atoms with E-state index >= 15 is 0 Å². The van der Waals surface area contributed by atoms with E-state index in [1.165, 1.54) is 21.9 Å². The number of hydrogen-bond donors (Lipinski definition) is 2. The number of fused-ring (bicyclic) bond motifs is 1. The molecule has 0 spiro atoms. The molecule has 1 aliphatic heterocycles. The number of nitrogens with zero attached hydrogens (tertiary/aromatic N) is 1. The van der Waals surface area contributed by atoms with Crippen molar-refractivity contribution in [1.29, 1.82) is 0 Å². The zero-order valence-electron chi connectivity index (χ0n) is 20.6. The molecule has 0 radical (unpaired) electrons. The van der Waals surface area contributed by atoms with Gasteiger partial charge in [0.25, 0.3) is 0 Å². The van der Waals surface area contributed by atoms with E-state index in [0.717, 1.165) is 25.1 Å². The fraction of sp³-hybridized carbons (Fsp3) is 0.267. The first-order chi connectivity index (χ1) is 17.7. The molecule has 2 heterocycles. The minimum absolute atomic E-state index is 0. The fourth-order valence-electron chi connectivity index (χ4n) is 4.69. The van der Waals surface area contributed by atoms with Gasteiger partial charge < -0.3 is 14.8 Å². The maximum Gasteiger partial charge on any atom is 0.412 e. The molecule has 0 saturated carbocycles. The zero-order valence-corrected chi connectivity index (χ0v) is 21.5. The third kappa shape index (κ3) is 7.29. The van der Waals surface area contributed by atoms with Crippen LogP contribution in [0.3, 0.4) is 0 Å². The lowest BCUT2D eigenvalue weighted by atomic mass is 9.87. The number of rotatable bonds is 8. The molecule has 1 aliphatic rings. The Labute approximate surface area is 223 Å². The smallest absolute Gasteiger partial charge is 0.412 e. The summed E-state index contributed by atoms with van der Waals surface area (Å²) in [6.45, 7) is 2.74. The minimum Gasteiger partial charge on any atom is -0.449 e. The third-order valence-electron chi connectivity index (χ3n) is 6.63. The summed E-state index contributed by atoms with van der Waals surface area (Å²) in [5.74, 6) is 0.826. The number of nitrogens with one attached hydrogen (secondary N) is 2. The SMILES string of the molecule is Cl.O=C(Nc1ccccn1)OCCc1ccc(C2CCNCC2OCc2ccc3ccccc3c2)cc1. The van der Waals surface area contributed by atoms with Gasteiger partial charge in [0.15, 0.2) is 0 Å². The van der Waals surface area contributed by atoms with Gasteiger partial charge in [-0.1, -0.05) is 66.7 Å². The molecule has 4 aromatic rings. The van der Waals surface area contributed by atoms with E-state index in [0.29, 0.717) is 31.4 Å². The lowest BCUT2D eigenvalue weighted by Crippen LogP contribution is -2.40. The minimum atomic E-state index is -0.494. The van der Waals surface area contributed by atoms with Gasteiger partial charge in [0, 0.05) is 25.1 Å². The van der Waals surface area contributed by atoms with Crippen LogP contribution in [-0.2, 0) is 22.5 Å². The number of halogens is 1. The molecule has 3 aromatic carbocycles. The van der Waals surface area contributed by atoms with Crippen molar-refractivity contribution in [2.24, 2.45) is 0 Å². The monoisotopic (exact) mass is 517 g/mol. The van der Waals surface area contributed by atoms with Gasteiger partial charge in [-0.25, -0.2) is 9.78 Å². The van der Waals surface area contributed by atoms with E-state index in [2.05, 4.69) is 82.3 Å². The van der Waals surface area contributed by atoms with Crippen molar-refractivity contribution in [2.75, 3.05) is 25.0 Å². The molecule has 7 heteroatoms. The van der Waals surface area contributed by atoms with Gasteiger partial charge in [-0.2, -0.15) is 0 Å². The highest BCUT2D eigenvalue weighted by Crippen LogP contribution is 2.29. The Morgan fingerprint density at radius 2 is 1.73 bits per heavy atom. The number of piperidine rings is 1. The van der Waals surface area contributed by atoms with Gasteiger partial charge in [-0.15, -0.1) is 12.4 Å². The first-order valence-electron chi connectivity index (χ1n) is 12.5. The summed E-state index contributed by atoms with van der Waals surface area (Å²) >= 11 is 0. The molecule has 6 nitrogen and oxygen atoms in total. The van der Waals surface area contributed by atoms with E-state index in [-0.39, 0.29) is 18.5 Å². The Morgan fingerprint density at radius 1 is 0.946 bits per heavy atom. The average Bonchev–Trinajstić information content (AvgIpc) is 2.93. The Hall–Kier alpha value is -3.45.